The molecule has 4 nitrogen and oxygen atoms in total. The first kappa shape index (κ1) is 17.6. The molecule has 1 aliphatic heterocycles. The molecule has 1 heterocycles. The highest BCUT2D eigenvalue weighted by Gasteiger charge is 2.32. The minimum atomic E-state index is -0.725. The quantitative estimate of drug-likeness (QED) is 0.878. The van der Waals surface area contributed by atoms with Gasteiger partial charge in [0.1, 0.15) is 0 Å². The molecule has 3 rings (SSSR count). The second-order valence-corrected chi connectivity index (χ2v) is 6.93. The summed E-state index contributed by atoms with van der Waals surface area (Å²) in [6, 6.07) is 21.2. The lowest BCUT2D eigenvalue weighted by atomic mass is 10.0. The lowest BCUT2D eigenvalue weighted by Crippen LogP contribution is -2.57. The Morgan fingerprint density at radius 3 is 1.96 bits per heavy atom. The molecule has 1 saturated heterocycles. The van der Waals surface area contributed by atoms with Crippen molar-refractivity contribution in [2.45, 2.75) is 38.5 Å². The van der Waals surface area contributed by atoms with E-state index in [-0.39, 0.29) is 12.5 Å². The fourth-order valence-electron chi connectivity index (χ4n) is 3.62. The predicted octanol–water partition coefficient (Wildman–Crippen LogP) is 3.24. The molecule has 2 aromatic carbocycles. The molecule has 1 aliphatic rings. The van der Waals surface area contributed by atoms with Gasteiger partial charge >= 0.3 is 5.97 Å². The zero-order valence-electron chi connectivity index (χ0n) is 14.7. The molecule has 0 spiro atoms. The zero-order valence-corrected chi connectivity index (χ0v) is 14.7. The molecule has 0 unspecified atom stereocenters. The number of hydrogen-bond donors (Lipinski definition) is 1. The van der Waals surface area contributed by atoms with Gasteiger partial charge in [-0.25, -0.2) is 0 Å². The van der Waals surface area contributed by atoms with Crippen LogP contribution in [0.2, 0.25) is 0 Å². The molecule has 2 aromatic rings. The first-order chi connectivity index (χ1) is 12.1. The maximum absolute atomic E-state index is 11.4. The first-order valence-corrected chi connectivity index (χ1v) is 8.89. The van der Waals surface area contributed by atoms with Crippen molar-refractivity contribution < 1.29 is 9.90 Å². The summed E-state index contributed by atoms with van der Waals surface area (Å²) in [5, 5.41) is 9.35. The maximum atomic E-state index is 11.4. The monoisotopic (exact) mass is 338 g/mol. The topological polar surface area (TPSA) is 43.8 Å². The number of piperazine rings is 1. The van der Waals surface area contributed by atoms with Gasteiger partial charge in [0, 0.05) is 38.3 Å². The van der Waals surface area contributed by atoms with Gasteiger partial charge in [0.05, 0.1) is 6.42 Å². The van der Waals surface area contributed by atoms with E-state index in [2.05, 4.69) is 53.1 Å². The minimum Gasteiger partial charge on any atom is -0.481 e. The normalized spacial score (nSPS) is 22.0. The molecule has 1 fully saturated rings. The highest BCUT2D eigenvalue weighted by molar-refractivity contribution is 5.67. The number of carbonyl (C=O) groups is 1. The summed E-state index contributed by atoms with van der Waals surface area (Å²) in [5.74, 6) is -0.725. The number of nitrogens with zero attached hydrogens (tertiary/aromatic N) is 2. The van der Waals surface area contributed by atoms with Crippen molar-refractivity contribution in [1.29, 1.82) is 0 Å². The van der Waals surface area contributed by atoms with Gasteiger partial charge < -0.3 is 5.11 Å². The Kier molecular flexibility index (Phi) is 5.84. The average Bonchev–Trinajstić information content (AvgIpc) is 2.60. The molecular weight excluding hydrogens is 312 g/mol. The Labute approximate surface area is 149 Å². The summed E-state index contributed by atoms with van der Waals surface area (Å²) >= 11 is 0. The van der Waals surface area contributed by atoms with Crippen LogP contribution in [0.3, 0.4) is 0 Å². The number of carboxylic acids is 1. The molecule has 25 heavy (non-hydrogen) atoms. The number of aliphatic carboxylic acids is 1. The SMILES string of the molecule is C[C@H]1CN(Cc2ccccc2)[C@@H](CC(=O)O)CN1Cc1ccccc1. The fourth-order valence-corrected chi connectivity index (χ4v) is 3.62. The van der Waals surface area contributed by atoms with E-state index in [1.165, 1.54) is 11.1 Å². The number of carboxylic acid groups (broad SMARTS) is 1. The summed E-state index contributed by atoms with van der Waals surface area (Å²) in [6.07, 6.45) is 0.185. The number of hydrogen-bond acceptors (Lipinski definition) is 3. The van der Waals surface area contributed by atoms with Crippen molar-refractivity contribution in [1.82, 2.24) is 9.80 Å². The van der Waals surface area contributed by atoms with Crippen molar-refractivity contribution >= 4 is 5.97 Å². The zero-order chi connectivity index (χ0) is 17.6. The number of rotatable bonds is 6. The van der Waals surface area contributed by atoms with E-state index in [0.717, 1.165) is 26.2 Å². The van der Waals surface area contributed by atoms with Crippen LogP contribution in [-0.4, -0.2) is 46.0 Å². The van der Waals surface area contributed by atoms with E-state index < -0.39 is 5.97 Å². The Balaban J connectivity index is 1.71. The second kappa shape index (κ2) is 8.28. The fraction of sp³-hybridized carbons (Fsp3) is 0.381. The molecular formula is C21H26N2O2. The highest BCUT2D eigenvalue weighted by atomic mass is 16.4. The molecule has 4 heteroatoms. The van der Waals surface area contributed by atoms with E-state index >= 15 is 0 Å². The summed E-state index contributed by atoms with van der Waals surface area (Å²) < 4.78 is 0. The van der Waals surface area contributed by atoms with Gasteiger partial charge in [-0.15, -0.1) is 0 Å². The molecule has 0 bridgehead atoms. The van der Waals surface area contributed by atoms with Crippen molar-refractivity contribution in [2.75, 3.05) is 13.1 Å². The second-order valence-electron chi connectivity index (χ2n) is 6.93. The Bertz CT molecular complexity index is 675. The maximum Gasteiger partial charge on any atom is 0.304 e. The highest BCUT2D eigenvalue weighted by Crippen LogP contribution is 2.22. The first-order valence-electron chi connectivity index (χ1n) is 8.89. The van der Waals surface area contributed by atoms with Crippen LogP contribution in [-0.2, 0) is 17.9 Å². The third kappa shape index (κ3) is 4.91. The van der Waals surface area contributed by atoms with E-state index in [0.29, 0.717) is 6.04 Å². The van der Waals surface area contributed by atoms with Crippen molar-refractivity contribution in [3.8, 4) is 0 Å². The summed E-state index contributed by atoms with van der Waals surface area (Å²) in [7, 11) is 0. The van der Waals surface area contributed by atoms with E-state index in [1.54, 1.807) is 0 Å². The van der Waals surface area contributed by atoms with Crippen LogP contribution < -0.4 is 0 Å². The standard InChI is InChI=1S/C21H26N2O2/c1-17-13-23(15-19-10-6-3-7-11-19)20(12-21(24)25)16-22(17)14-18-8-4-2-5-9-18/h2-11,17,20H,12-16H2,1H3,(H,24,25)/t17-,20-/m0/s1. The number of benzene rings is 2. The van der Waals surface area contributed by atoms with Gasteiger partial charge in [-0.3, -0.25) is 14.6 Å². The minimum absolute atomic E-state index is 0.0395. The van der Waals surface area contributed by atoms with Crippen molar-refractivity contribution in [3.63, 3.8) is 0 Å². The lowest BCUT2D eigenvalue weighted by Gasteiger charge is -2.45. The Morgan fingerprint density at radius 2 is 1.44 bits per heavy atom. The molecule has 0 radical (unpaired) electrons. The Morgan fingerprint density at radius 1 is 0.920 bits per heavy atom. The van der Waals surface area contributed by atoms with Gasteiger partial charge in [0.25, 0.3) is 0 Å². The van der Waals surface area contributed by atoms with Crippen molar-refractivity contribution in [3.05, 3.63) is 71.8 Å². The van der Waals surface area contributed by atoms with Gasteiger partial charge in [0.15, 0.2) is 0 Å². The van der Waals surface area contributed by atoms with Gasteiger partial charge in [-0.2, -0.15) is 0 Å². The molecule has 132 valence electrons. The summed E-state index contributed by atoms with van der Waals surface area (Å²) in [5.41, 5.74) is 2.52. The smallest absolute Gasteiger partial charge is 0.304 e. The molecule has 0 aliphatic carbocycles. The van der Waals surface area contributed by atoms with Crippen LogP contribution in [0.1, 0.15) is 24.5 Å². The Hall–Kier alpha value is -2.17. The average molecular weight is 338 g/mol. The van der Waals surface area contributed by atoms with Crippen LogP contribution in [0.4, 0.5) is 0 Å². The van der Waals surface area contributed by atoms with Crippen LogP contribution in [0, 0.1) is 0 Å². The third-order valence-corrected chi connectivity index (χ3v) is 4.95. The van der Waals surface area contributed by atoms with Gasteiger partial charge in [0.2, 0.25) is 0 Å². The van der Waals surface area contributed by atoms with Crippen LogP contribution >= 0.6 is 0 Å². The van der Waals surface area contributed by atoms with Gasteiger partial charge in [-0.05, 0) is 18.1 Å². The van der Waals surface area contributed by atoms with Crippen molar-refractivity contribution in [2.24, 2.45) is 0 Å². The van der Waals surface area contributed by atoms with Crippen LogP contribution in [0.15, 0.2) is 60.7 Å². The van der Waals surface area contributed by atoms with Gasteiger partial charge in [-0.1, -0.05) is 60.7 Å². The van der Waals surface area contributed by atoms with Crippen LogP contribution in [0.5, 0.6) is 0 Å². The molecule has 1 N–H and O–H groups in total. The third-order valence-electron chi connectivity index (χ3n) is 4.95. The predicted molar refractivity (Wildman–Crippen MR) is 99.2 cm³/mol. The molecule has 2 atom stereocenters. The molecule has 0 amide bonds. The lowest BCUT2D eigenvalue weighted by molar-refractivity contribution is -0.139. The van der Waals surface area contributed by atoms with E-state index in [9.17, 15) is 9.90 Å². The summed E-state index contributed by atoms with van der Waals surface area (Å²) in [4.78, 5) is 16.1. The van der Waals surface area contributed by atoms with E-state index in [4.69, 9.17) is 0 Å². The van der Waals surface area contributed by atoms with Crippen LogP contribution in [0.25, 0.3) is 0 Å². The summed E-state index contributed by atoms with van der Waals surface area (Å²) in [6.45, 7) is 5.59. The molecule has 0 saturated carbocycles. The van der Waals surface area contributed by atoms with E-state index in [1.807, 2.05) is 24.3 Å². The molecule has 0 aromatic heterocycles. The largest absolute Gasteiger partial charge is 0.481 e.